The number of carbonyl (C=O) groups is 2. The van der Waals surface area contributed by atoms with E-state index in [2.05, 4.69) is 0 Å². The number of aliphatic carboxylic acids is 1. The average Bonchev–Trinajstić information content (AvgIpc) is 2.87. The van der Waals surface area contributed by atoms with Gasteiger partial charge in [-0.3, -0.25) is 9.59 Å². The van der Waals surface area contributed by atoms with Crippen molar-refractivity contribution in [3.8, 4) is 0 Å². The van der Waals surface area contributed by atoms with Crippen LogP contribution in [0.2, 0.25) is 0 Å². The van der Waals surface area contributed by atoms with Crippen LogP contribution in [0.1, 0.15) is 23.2 Å². The van der Waals surface area contributed by atoms with Gasteiger partial charge < -0.3 is 10.0 Å². The van der Waals surface area contributed by atoms with Crippen LogP contribution in [0.25, 0.3) is 0 Å². The van der Waals surface area contributed by atoms with E-state index in [-0.39, 0.29) is 16.7 Å². The zero-order chi connectivity index (χ0) is 14.9. The lowest BCUT2D eigenvalue weighted by molar-refractivity contribution is -0.143. The number of piperidine rings is 1. The lowest BCUT2D eigenvalue weighted by Gasteiger charge is -2.30. The van der Waals surface area contributed by atoms with E-state index >= 15 is 0 Å². The smallest absolute Gasteiger partial charge is 0.308 e. The van der Waals surface area contributed by atoms with Crippen molar-refractivity contribution in [3.63, 3.8) is 0 Å². The van der Waals surface area contributed by atoms with Crippen LogP contribution in [0.3, 0.4) is 0 Å². The fourth-order valence-corrected chi connectivity index (χ4v) is 3.96. The highest BCUT2D eigenvalue weighted by atomic mass is 32.2. The Morgan fingerprint density at radius 2 is 2.15 bits per heavy atom. The summed E-state index contributed by atoms with van der Waals surface area (Å²) in [6, 6.07) is 1.35. The van der Waals surface area contributed by atoms with Gasteiger partial charge in [0.2, 0.25) is 0 Å². The third kappa shape index (κ3) is 3.18. The van der Waals surface area contributed by atoms with Gasteiger partial charge in [0.05, 0.1) is 11.5 Å². The second kappa shape index (κ2) is 5.53. The first-order valence-electron chi connectivity index (χ1n) is 6.09. The fourth-order valence-electron chi connectivity index (χ4n) is 2.17. The molecule has 1 amide bonds. The number of carbonyl (C=O) groups excluding carboxylic acids is 1. The van der Waals surface area contributed by atoms with E-state index in [1.54, 1.807) is 0 Å². The predicted octanol–water partition coefficient (Wildman–Crippen LogP) is 1.09. The van der Waals surface area contributed by atoms with Crippen LogP contribution in [0.4, 0.5) is 0 Å². The minimum atomic E-state index is -3.32. The number of rotatable bonds is 3. The van der Waals surface area contributed by atoms with Crippen LogP contribution in [-0.4, -0.2) is 49.6 Å². The number of hydrogen-bond donors (Lipinski definition) is 1. The number of likely N-dealkylation sites (tertiary alicyclic amines) is 1. The summed E-state index contributed by atoms with van der Waals surface area (Å²) >= 11 is 1.00. The van der Waals surface area contributed by atoms with Gasteiger partial charge in [0.25, 0.3) is 5.91 Å². The first-order chi connectivity index (χ1) is 9.29. The number of amides is 1. The maximum absolute atomic E-state index is 12.3. The highest BCUT2D eigenvalue weighted by Crippen LogP contribution is 2.24. The van der Waals surface area contributed by atoms with Crippen molar-refractivity contribution in [1.29, 1.82) is 0 Å². The molecule has 0 unspecified atom stereocenters. The Kier molecular flexibility index (Phi) is 4.14. The Hall–Kier alpha value is -1.41. The Balaban J connectivity index is 2.15. The topological polar surface area (TPSA) is 91.8 Å². The first kappa shape index (κ1) is 15.0. The van der Waals surface area contributed by atoms with E-state index in [1.165, 1.54) is 16.3 Å². The van der Waals surface area contributed by atoms with Crippen molar-refractivity contribution in [2.75, 3.05) is 19.3 Å². The monoisotopic (exact) mass is 317 g/mol. The number of hydrogen-bond acceptors (Lipinski definition) is 5. The summed E-state index contributed by atoms with van der Waals surface area (Å²) in [5.41, 5.74) is 0.307. The molecule has 0 spiro atoms. The SMILES string of the molecule is CS(=O)(=O)c1cc(C(=O)N2CCC[C@H](C(=O)O)C2)cs1. The van der Waals surface area contributed by atoms with E-state index in [0.717, 1.165) is 17.6 Å². The molecule has 1 N–H and O–H groups in total. The summed E-state index contributed by atoms with van der Waals surface area (Å²) in [7, 11) is -3.32. The van der Waals surface area contributed by atoms with Gasteiger partial charge >= 0.3 is 5.97 Å². The summed E-state index contributed by atoms with van der Waals surface area (Å²) in [6.45, 7) is 0.685. The van der Waals surface area contributed by atoms with Gasteiger partial charge in [-0.2, -0.15) is 0 Å². The molecule has 2 heterocycles. The van der Waals surface area contributed by atoms with Gasteiger partial charge in [0, 0.05) is 24.7 Å². The Bertz CT molecular complexity index is 634. The fraction of sp³-hybridized carbons (Fsp3) is 0.500. The number of thiophene rings is 1. The van der Waals surface area contributed by atoms with Gasteiger partial charge in [0.1, 0.15) is 4.21 Å². The van der Waals surface area contributed by atoms with E-state index in [0.29, 0.717) is 24.9 Å². The van der Waals surface area contributed by atoms with Crippen LogP contribution in [0, 0.1) is 5.92 Å². The molecule has 1 atom stereocenters. The predicted molar refractivity (Wildman–Crippen MR) is 73.7 cm³/mol. The van der Waals surface area contributed by atoms with Crippen LogP contribution < -0.4 is 0 Å². The van der Waals surface area contributed by atoms with Crippen LogP contribution in [-0.2, 0) is 14.6 Å². The highest BCUT2D eigenvalue weighted by molar-refractivity contribution is 7.92. The van der Waals surface area contributed by atoms with Crippen molar-refractivity contribution < 1.29 is 23.1 Å². The van der Waals surface area contributed by atoms with Crippen LogP contribution in [0.15, 0.2) is 15.7 Å². The van der Waals surface area contributed by atoms with Gasteiger partial charge in [-0.1, -0.05) is 0 Å². The standard InChI is InChI=1S/C12H15NO5S2/c1-20(17,18)10-5-9(7-19-10)11(14)13-4-2-3-8(6-13)12(15)16/h5,7-8H,2-4,6H2,1H3,(H,15,16)/t8-/m0/s1. The van der Waals surface area contributed by atoms with Gasteiger partial charge in [-0.05, 0) is 18.9 Å². The molecule has 0 aromatic carbocycles. The first-order valence-corrected chi connectivity index (χ1v) is 8.87. The molecular weight excluding hydrogens is 302 g/mol. The van der Waals surface area contributed by atoms with Crippen molar-refractivity contribution in [2.45, 2.75) is 17.1 Å². The zero-order valence-corrected chi connectivity index (χ0v) is 12.5. The number of carboxylic acids is 1. The molecular formula is C12H15NO5S2. The van der Waals surface area contributed by atoms with E-state index in [9.17, 15) is 18.0 Å². The Labute approximate surface area is 120 Å². The summed E-state index contributed by atoms with van der Waals surface area (Å²) in [4.78, 5) is 24.7. The van der Waals surface area contributed by atoms with Crippen molar-refractivity contribution in [2.24, 2.45) is 5.92 Å². The largest absolute Gasteiger partial charge is 0.481 e. The molecule has 0 aliphatic carbocycles. The number of carboxylic acid groups (broad SMARTS) is 1. The second-order valence-electron chi connectivity index (χ2n) is 4.86. The van der Waals surface area contributed by atoms with Gasteiger partial charge in [0.15, 0.2) is 9.84 Å². The third-order valence-corrected chi connectivity index (χ3v) is 6.01. The highest BCUT2D eigenvalue weighted by Gasteiger charge is 2.29. The molecule has 1 aliphatic heterocycles. The summed E-state index contributed by atoms with van der Waals surface area (Å²) in [5, 5.41) is 10.5. The van der Waals surface area contributed by atoms with Crippen molar-refractivity contribution >= 4 is 33.1 Å². The third-order valence-electron chi connectivity index (χ3n) is 3.25. The second-order valence-corrected chi connectivity index (χ2v) is 8.01. The van der Waals surface area contributed by atoms with Crippen molar-refractivity contribution in [1.82, 2.24) is 4.90 Å². The van der Waals surface area contributed by atoms with Gasteiger partial charge in [-0.25, -0.2) is 8.42 Å². The molecule has 110 valence electrons. The average molecular weight is 317 g/mol. The molecule has 1 saturated heterocycles. The summed E-state index contributed by atoms with van der Waals surface area (Å²) in [5.74, 6) is -1.74. The molecule has 1 aromatic rings. The molecule has 1 fully saturated rings. The van der Waals surface area contributed by atoms with E-state index in [4.69, 9.17) is 5.11 Å². The Morgan fingerprint density at radius 3 is 2.70 bits per heavy atom. The molecule has 2 rings (SSSR count). The normalized spacial score (nSPS) is 19.9. The molecule has 0 saturated carbocycles. The molecule has 6 nitrogen and oxygen atoms in total. The molecule has 1 aliphatic rings. The lowest BCUT2D eigenvalue weighted by Crippen LogP contribution is -2.42. The zero-order valence-electron chi connectivity index (χ0n) is 10.9. The van der Waals surface area contributed by atoms with Gasteiger partial charge in [-0.15, -0.1) is 11.3 Å². The molecule has 1 aromatic heterocycles. The minimum Gasteiger partial charge on any atom is -0.481 e. The van der Waals surface area contributed by atoms with E-state index < -0.39 is 21.7 Å². The van der Waals surface area contributed by atoms with Crippen LogP contribution in [0.5, 0.6) is 0 Å². The molecule has 20 heavy (non-hydrogen) atoms. The Morgan fingerprint density at radius 1 is 1.45 bits per heavy atom. The van der Waals surface area contributed by atoms with Crippen LogP contribution >= 0.6 is 11.3 Å². The molecule has 8 heteroatoms. The summed E-state index contributed by atoms with van der Waals surface area (Å²) < 4.78 is 22.9. The minimum absolute atomic E-state index is 0.146. The summed E-state index contributed by atoms with van der Waals surface area (Å²) in [6.07, 6.45) is 2.30. The van der Waals surface area contributed by atoms with Crippen molar-refractivity contribution in [3.05, 3.63) is 17.0 Å². The quantitative estimate of drug-likeness (QED) is 0.901. The molecule has 0 radical (unpaired) electrons. The maximum atomic E-state index is 12.3. The molecule has 0 bridgehead atoms. The number of nitrogens with zero attached hydrogens (tertiary/aromatic N) is 1. The number of sulfone groups is 1. The van der Waals surface area contributed by atoms with E-state index in [1.807, 2.05) is 0 Å². The maximum Gasteiger partial charge on any atom is 0.308 e. The lowest BCUT2D eigenvalue weighted by atomic mass is 9.98.